The van der Waals surface area contributed by atoms with Crippen LogP contribution in [-0.2, 0) is 6.42 Å². The van der Waals surface area contributed by atoms with Crippen molar-refractivity contribution in [3.63, 3.8) is 0 Å². The second-order valence-corrected chi connectivity index (χ2v) is 6.27. The van der Waals surface area contributed by atoms with Crippen LogP contribution in [0.15, 0.2) is 24.5 Å². The summed E-state index contributed by atoms with van der Waals surface area (Å²) in [4.78, 5) is 6.87. The van der Waals surface area contributed by atoms with E-state index < -0.39 is 0 Å². The van der Waals surface area contributed by atoms with Crippen LogP contribution < -0.4 is 5.32 Å². The normalized spacial score (nSPS) is 28.6. The van der Waals surface area contributed by atoms with E-state index in [9.17, 15) is 0 Å². The van der Waals surface area contributed by atoms with Gasteiger partial charge in [-0.3, -0.25) is 4.98 Å². The van der Waals surface area contributed by atoms with E-state index in [2.05, 4.69) is 21.3 Å². The van der Waals surface area contributed by atoms with Gasteiger partial charge in [-0.05, 0) is 62.2 Å². The lowest BCUT2D eigenvalue weighted by Crippen LogP contribution is -2.51. The zero-order valence-electron chi connectivity index (χ0n) is 11.8. The molecular formula is C16H25N3. The summed E-state index contributed by atoms with van der Waals surface area (Å²) < 4.78 is 0. The summed E-state index contributed by atoms with van der Waals surface area (Å²) in [5.74, 6) is 0. The van der Waals surface area contributed by atoms with E-state index in [4.69, 9.17) is 0 Å². The molecule has 1 aromatic rings. The molecule has 0 bridgehead atoms. The quantitative estimate of drug-likeness (QED) is 0.901. The Kier molecular flexibility index (Phi) is 4.14. The van der Waals surface area contributed by atoms with Gasteiger partial charge in [-0.15, -0.1) is 0 Å². The number of nitrogens with zero attached hydrogens (tertiary/aromatic N) is 2. The largest absolute Gasteiger partial charge is 0.316 e. The summed E-state index contributed by atoms with van der Waals surface area (Å²) >= 11 is 0. The number of piperidine rings is 2. The first-order chi connectivity index (χ1) is 9.36. The Balaban J connectivity index is 1.53. The minimum atomic E-state index is 0.575. The number of hydrogen-bond acceptors (Lipinski definition) is 3. The number of aromatic nitrogens is 1. The number of hydrogen-bond donors (Lipinski definition) is 1. The van der Waals surface area contributed by atoms with Crippen LogP contribution in [0, 0.1) is 5.41 Å². The summed E-state index contributed by atoms with van der Waals surface area (Å²) in [5, 5.41) is 3.60. The van der Waals surface area contributed by atoms with E-state index >= 15 is 0 Å². The van der Waals surface area contributed by atoms with Gasteiger partial charge >= 0.3 is 0 Å². The van der Waals surface area contributed by atoms with Gasteiger partial charge in [0.05, 0.1) is 0 Å². The highest BCUT2D eigenvalue weighted by Crippen LogP contribution is 2.35. The molecule has 0 saturated carbocycles. The fraction of sp³-hybridized carbons (Fsp3) is 0.688. The van der Waals surface area contributed by atoms with Gasteiger partial charge in [0.25, 0.3) is 0 Å². The van der Waals surface area contributed by atoms with E-state index in [0.717, 1.165) is 6.42 Å². The lowest BCUT2D eigenvalue weighted by molar-refractivity contribution is 0.0654. The Hall–Kier alpha value is -0.930. The number of nitrogens with one attached hydrogen (secondary N) is 1. The van der Waals surface area contributed by atoms with Crippen LogP contribution in [0.4, 0.5) is 0 Å². The molecule has 0 aliphatic carbocycles. The smallest absolute Gasteiger partial charge is 0.0300 e. The predicted molar refractivity (Wildman–Crippen MR) is 78.2 cm³/mol. The summed E-state index contributed by atoms with van der Waals surface area (Å²) in [7, 11) is 0. The maximum Gasteiger partial charge on any atom is 0.0300 e. The molecule has 2 aliphatic rings. The van der Waals surface area contributed by atoms with Gasteiger partial charge < -0.3 is 10.2 Å². The van der Waals surface area contributed by atoms with Gasteiger partial charge in [-0.1, -0.05) is 6.07 Å². The molecule has 19 heavy (non-hydrogen) atoms. The van der Waals surface area contributed by atoms with Crippen LogP contribution in [-0.4, -0.2) is 42.6 Å². The highest BCUT2D eigenvalue weighted by Gasteiger charge is 2.36. The van der Waals surface area contributed by atoms with E-state index in [-0.39, 0.29) is 0 Å². The molecule has 0 aromatic carbocycles. The molecule has 3 rings (SSSR count). The van der Waals surface area contributed by atoms with Gasteiger partial charge in [0.2, 0.25) is 0 Å². The molecule has 1 unspecified atom stereocenters. The van der Waals surface area contributed by atoms with Crippen molar-refractivity contribution < 1.29 is 0 Å². The van der Waals surface area contributed by atoms with Crippen molar-refractivity contribution in [3.05, 3.63) is 30.1 Å². The maximum atomic E-state index is 4.20. The van der Waals surface area contributed by atoms with Crippen LogP contribution >= 0.6 is 0 Å². The van der Waals surface area contributed by atoms with Crippen molar-refractivity contribution in [2.45, 2.75) is 32.1 Å². The minimum absolute atomic E-state index is 0.575. The predicted octanol–water partition coefficient (Wildman–Crippen LogP) is 2.09. The topological polar surface area (TPSA) is 28.2 Å². The SMILES string of the molecule is c1cncc(CCN2CCCC3(CCCNC3)C2)c1. The van der Waals surface area contributed by atoms with E-state index in [1.807, 2.05) is 18.5 Å². The van der Waals surface area contributed by atoms with Crippen LogP contribution in [0.25, 0.3) is 0 Å². The fourth-order valence-electron chi connectivity index (χ4n) is 3.71. The van der Waals surface area contributed by atoms with Gasteiger partial charge in [-0.25, -0.2) is 0 Å². The molecule has 3 heteroatoms. The zero-order chi connectivity index (χ0) is 13.0. The molecule has 2 fully saturated rings. The Morgan fingerprint density at radius 2 is 2.26 bits per heavy atom. The second-order valence-electron chi connectivity index (χ2n) is 6.27. The molecule has 3 nitrogen and oxygen atoms in total. The van der Waals surface area contributed by atoms with Gasteiger partial charge in [0, 0.05) is 32.0 Å². The molecule has 104 valence electrons. The van der Waals surface area contributed by atoms with Crippen molar-refractivity contribution in [3.8, 4) is 0 Å². The third kappa shape index (κ3) is 3.34. The van der Waals surface area contributed by atoms with Crippen molar-refractivity contribution in [1.29, 1.82) is 0 Å². The van der Waals surface area contributed by atoms with Gasteiger partial charge in [0.15, 0.2) is 0 Å². The summed E-state index contributed by atoms with van der Waals surface area (Å²) in [5.41, 5.74) is 1.94. The zero-order valence-corrected chi connectivity index (χ0v) is 11.8. The van der Waals surface area contributed by atoms with Crippen LogP contribution in [0.5, 0.6) is 0 Å². The average Bonchev–Trinajstić information content (AvgIpc) is 2.47. The van der Waals surface area contributed by atoms with Crippen LogP contribution in [0.2, 0.25) is 0 Å². The molecule has 3 heterocycles. The Morgan fingerprint density at radius 3 is 3.05 bits per heavy atom. The number of pyridine rings is 1. The maximum absolute atomic E-state index is 4.20. The lowest BCUT2D eigenvalue weighted by Gasteiger charge is -2.45. The molecule has 0 amide bonds. The molecule has 1 N–H and O–H groups in total. The van der Waals surface area contributed by atoms with Crippen molar-refractivity contribution in [1.82, 2.24) is 15.2 Å². The number of rotatable bonds is 3. The summed E-state index contributed by atoms with van der Waals surface area (Å²) in [6.45, 7) is 6.21. The molecule has 1 spiro atoms. The molecule has 2 aliphatic heterocycles. The van der Waals surface area contributed by atoms with E-state index in [0.29, 0.717) is 5.41 Å². The highest BCUT2D eigenvalue weighted by molar-refractivity contribution is 5.08. The van der Waals surface area contributed by atoms with E-state index in [1.165, 1.54) is 64.0 Å². The summed E-state index contributed by atoms with van der Waals surface area (Å²) in [6, 6.07) is 4.23. The molecule has 0 radical (unpaired) electrons. The van der Waals surface area contributed by atoms with Crippen LogP contribution in [0.3, 0.4) is 0 Å². The van der Waals surface area contributed by atoms with Crippen molar-refractivity contribution in [2.24, 2.45) is 5.41 Å². The van der Waals surface area contributed by atoms with Gasteiger partial charge in [-0.2, -0.15) is 0 Å². The number of likely N-dealkylation sites (tertiary alicyclic amines) is 1. The highest BCUT2D eigenvalue weighted by atomic mass is 15.1. The van der Waals surface area contributed by atoms with Crippen molar-refractivity contribution >= 4 is 0 Å². The molecule has 1 atom stereocenters. The molecule has 1 aromatic heterocycles. The third-order valence-electron chi connectivity index (χ3n) is 4.74. The lowest BCUT2D eigenvalue weighted by atomic mass is 9.74. The minimum Gasteiger partial charge on any atom is -0.316 e. The van der Waals surface area contributed by atoms with Crippen LogP contribution in [0.1, 0.15) is 31.2 Å². The first-order valence-corrected chi connectivity index (χ1v) is 7.68. The Labute approximate surface area is 116 Å². The summed E-state index contributed by atoms with van der Waals surface area (Å²) in [6.07, 6.45) is 10.6. The molecular weight excluding hydrogens is 234 g/mol. The van der Waals surface area contributed by atoms with E-state index in [1.54, 1.807) is 0 Å². The second kappa shape index (κ2) is 6.02. The monoisotopic (exact) mass is 259 g/mol. The average molecular weight is 259 g/mol. The standard InChI is InChI=1S/C16H25N3/c1-4-15(12-17-8-1)5-11-19-10-3-7-16(14-19)6-2-9-18-13-16/h1,4,8,12,18H,2-3,5-7,9-11,13-14H2. The first kappa shape index (κ1) is 13.1. The molecule has 2 saturated heterocycles. The third-order valence-corrected chi connectivity index (χ3v) is 4.74. The Bertz CT molecular complexity index is 379. The van der Waals surface area contributed by atoms with Gasteiger partial charge in [0.1, 0.15) is 0 Å². The fourth-order valence-corrected chi connectivity index (χ4v) is 3.71. The van der Waals surface area contributed by atoms with Crippen molar-refractivity contribution in [2.75, 3.05) is 32.7 Å². The first-order valence-electron chi connectivity index (χ1n) is 7.68. The Morgan fingerprint density at radius 1 is 1.32 bits per heavy atom.